The van der Waals surface area contributed by atoms with Crippen LogP contribution in [0.4, 0.5) is 5.82 Å². The van der Waals surface area contributed by atoms with E-state index in [1.165, 1.54) is 6.26 Å². The fourth-order valence-corrected chi connectivity index (χ4v) is 4.71. The minimum absolute atomic E-state index is 0.137. The molecule has 0 aliphatic carbocycles. The van der Waals surface area contributed by atoms with Crippen LogP contribution in [0.3, 0.4) is 0 Å². The van der Waals surface area contributed by atoms with Gasteiger partial charge in [0.2, 0.25) is 5.91 Å². The number of aromatic nitrogens is 1. The number of pyridine rings is 1. The van der Waals surface area contributed by atoms with E-state index in [9.17, 15) is 13.2 Å². The van der Waals surface area contributed by atoms with E-state index in [1.807, 2.05) is 30.3 Å². The van der Waals surface area contributed by atoms with Crippen molar-refractivity contribution < 1.29 is 17.9 Å². The van der Waals surface area contributed by atoms with Crippen molar-refractivity contribution in [2.24, 2.45) is 5.92 Å². The highest BCUT2D eigenvalue weighted by Gasteiger charge is 2.27. The van der Waals surface area contributed by atoms with Gasteiger partial charge in [-0.15, -0.1) is 0 Å². The summed E-state index contributed by atoms with van der Waals surface area (Å²) in [7, 11) is -3.29. The summed E-state index contributed by atoms with van der Waals surface area (Å²) in [4.78, 5) is 18.0. The van der Waals surface area contributed by atoms with Gasteiger partial charge < -0.3 is 10.1 Å². The number of fused-ring (bicyclic) bond motifs is 1. The van der Waals surface area contributed by atoms with E-state index in [-0.39, 0.29) is 10.8 Å². The Bertz CT molecular complexity index is 1160. The molecule has 1 unspecified atom stereocenters. The van der Waals surface area contributed by atoms with Crippen molar-refractivity contribution in [2.75, 3.05) is 24.8 Å². The normalized spacial score (nSPS) is 16.2. The van der Waals surface area contributed by atoms with Gasteiger partial charge in [-0.05, 0) is 54.3 Å². The van der Waals surface area contributed by atoms with Gasteiger partial charge in [0.15, 0.2) is 9.84 Å². The highest BCUT2D eigenvalue weighted by Crippen LogP contribution is 2.32. The molecule has 3 aromatic rings. The van der Waals surface area contributed by atoms with Crippen LogP contribution in [0, 0.1) is 5.92 Å². The molecule has 7 heteroatoms. The van der Waals surface area contributed by atoms with Crippen molar-refractivity contribution in [3.05, 3.63) is 66.4 Å². The van der Waals surface area contributed by atoms with Crippen molar-refractivity contribution in [1.82, 2.24) is 4.98 Å². The molecule has 31 heavy (non-hydrogen) atoms. The molecule has 0 saturated carbocycles. The SMILES string of the molecule is CS(=O)(=O)c1ccc(C(CC2CCOCC2)C(=O)Nc2nccc3ccccc23)cc1. The van der Waals surface area contributed by atoms with Crippen LogP contribution in [0.1, 0.15) is 30.7 Å². The van der Waals surface area contributed by atoms with Crippen LogP contribution in [0.2, 0.25) is 0 Å². The van der Waals surface area contributed by atoms with Gasteiger partial charge >= 0.3 is 0 Å². The van der Waals surface area contributed by atoms with E-state index >= 15 is 0 Å². The summed E-state index contributed by atoms with van der Waals surface area (Å²) in [6.07, 6.45) is 5.38. The Morgan fingerprint density at radius 3 is 2.52 bits per heavy atom. The summed E-state index contributed by atoms with van der Waals surface area (Å²) >= 11 is 0. The molecule has 0 bridgehead atoms. The van der Waals surface area contributed by atoms with E-state index in [1.54, 1.807) is 30.5 Å². The Morgan fingerprint density at radius 2 is 1.81 bits per heavy atom. The number of amides is 1. The molecule has 1 fully saturated rings. The summed E-state index contributed by atoms with van der Waals surface area (Å²) in [5.41, 5.74) is 0.802. The maximum Gasteiger partial charge on any atom is 0.233 e. The van der Waals surface area contributed by atoms with E-state index < -0.39 is 15.8 Å². The first-order valence-corrected chi connectivity index (χ1v) is 12.3. The number of sulfone groups is 1. The quantitative estimate of drug-likeness (QED) is 0.624. The van der Waals surface area contributed by atoms with Crippen molar-refractivity contribution in [1.29, 1.82) is 0 Å². The number of anilines is 1. The van der Waals surface area contributed by atoms with Crippen LogP contribution in [-0.2, 0) is 19.4 Å². The third-order valence-corrected chi connectivity index (χ3v) is 6.98. The van der Waals surface area contributed by atoms with Crippen molar-refractivity contribution in [3.8, 4) is 0 Å². The second-order valence-corrected chi connectivity index (χ2v) is 10.1. The Morgan fingerprint density at radius 1 is 1.10 bits per heavy atom. The lowest BCUT2D eigenvalue weighted by Crippen LogP contribution is -2.26. The second-order valence-electron chi connectivity index (χ2n) is 8.06. The summed E-state index contributed by atoms with van der Waals surface area (Å²) in [5, 5.41) is 4.91. The molecule has 2 heterocycles. The number of nitrogens with zero attached hydrogens (tertiary/aromatic N) is 1. The third-order valence-electron chi connectivity index (χ3n) is 5.85. The molecule has 1 atom stereocenters. The van der Waals surface area contributed by atoms with Crippen molar-refractivity contribution in [3.63, 3.8) is 0 Å². The fraction of sp³-hybridized carbons (Fsp3) is 0.333. The highest BCUT2D eigenvalue weighted by atomic mass is 32.2. The summed E-state index contributed by atoms with van der Waals surface area (Å²) in [6.45, 7) is 1.41. The molecule has 6 nitrogen and oxygen atoms in total. The first-order chi connectivity index (χ1) is 14.9. The van der Waals surface area contributed by atoms with Crippen LogP contribution in [-0.4, -0.2) is 38.8 Å². The number of carbonyl (C=O) groups is 1. The average molecular weight is 439 g/mol. The van der Waals surface area contributed by atoms with Crippen molar-refractivity contribution >= 4 is 32.3 Å². The maximum absolute atomic E-state index is 13.4. The van der Waals surface area contributed by atoms with Crippen molar-refractivity contribution in [2.45, 2.75) is 30.1 Å². The lowest BCUT2D eigenvalue weighted by atomic mass is 9.84. The van der Waals surface area contributed by atoms with Gasteiger partial charge in [-0.1, -0.05) is 36.4 Å². The summed E-state index contributed by atoms with van der Waals surface area (Å²) in [5.74, 6) is 0.368. The Kier molecular flexibility index (Phi) is 6.34. The fourth-order valence-electron chi connectivity index (χ4n) is 4.08. The lowest BCUT2D eigenvalue weighted by molar-refractivity contribution is -0.118. The molecule has 1 saturated heterocycles. The molecule has 2 aromatic carbocycles. The Labute approximate surface area is 182 Å². The predicted octanol–water partition coefficient (Wildman–Crippen LogP) is 4.18. The van der Waals surface area contributed by atoms with E-state index in [0.717, 1.165) is 29.2 Å². The minimum Gasteiger partial charge on any atom is -0.381 e. The molecule has 0 spiro atoms. The number of benzene rings is 2. The number of nitrogens with one attached hydrogen (secondary N) is 1. The van der Waals surface area contributed by atoms with E-state index in [4.69, 9.17) is 4.74 Å². The molecular formula is C24H26N2O4S. The smallest absolute Gasteiger partial charge is 0.233 e. The maximum atomic E-state index is 13.4. The highest BCUT2D eigenvalue weighted by molar-refractivity contribution is 7.90. The zero-order valence-corrected chi connectivity index (χ0v) is 18.3. The lowest BCUT2D eigenvalue weighted by Gasteiger charge is -2.26. The molecule has 1 aliphatic rings. The van der Waals surface area contributed by atoms with Crippen LogP contribution in [0.5, 0.6) is 0 Å². The Balaban J connectivity index is 1.63. The zero-order chi connectivity index (χ0) is 21.8. The molecule has 1 N–H and O–H groups in total. The first kappa shape index (κ1) is 21.5. The van der Waals surface area contributed by atoms with Gasteiger partial charge in [-0.2, -0.15) is 0 Å². The molecule has 1 amide bonds. The number of hydrogen-bond acceptors (Lipinski definition) is 5. The Hall–Kier alpha value is -2.77. The average Bonchev–Trinajstić information content (AvgIpc) is 2.78. The van der Waals surface area contributed by atoms with Gasteiger partial charge in [0.1, 0.15) is 5.82 Å². The van der Waals surface area contributed by atoms with Gasteiger partial charge in [0.05, 0.1) is 10.8 Å². The van der Waals surface area contributed by atoms with Gasteiger partial charge in [0.25, 0.3) is 0 Å². The largest absolute Gasteiger partial charge is 0.381 e. The third kappa shape index (κ3) is 5.11. The van der Waals surface area contributed by atoms with Crippen LogP contribution < -0.4 is 5.32 Å². The first-order valence-electron chi connectivity index (χ1n) is 10.4. The predicted molar refractivity (Wildman–Crippen MR) is 121 cm³/mol. The topological polar surface area (TPSA) is 85.4 Å². The standard InChI is InChI=1S/C24H26N2O4S/c1-31(28,29)20-8-6-19(7-9-20)22(16-17-11-14-30-15-12-17)24(27)26-23-21-5-3-2-4-18(21)10-13-25-23/h2-10,13,17,22H,11-12,14-16H2,1H3,(H,25,26,27). The van der Waals surface area contributed by atoms with E-state index in [0.29, 0.717) is 31.4 Å². The number of ether oxygens (including phenoxy) is 1. The molecule has 162 valence electrons. The van der Waals surface area contributed by atoms with Crippen LogP contribution in [0.25, 0.3) is 10.8 Å². The number of hydrogen-bond donors (Lipinski definition) is 1. The summed E-state index contributed by atoms with van der Waals surface area (Å²) in [6, 6.07) is 16.3. The second kappa shape index (κ2) is 9.16. The molecular weight excluding hydrogens is 412 g/mol. The molecule has 1 aliphatic heterocycles. The monoisotopic (exact) mass is 438 g/mol. The minimum atomic E-state index is -3.29. The number of carbonyl (C=O) groups excluding carboxylic acids is 1. The summed E-state index contributed by atoms with van der Waals surface area (Å²) < 4.78 is 29.1. The van der Waals surface area contributed by atoms with Gasteiger partial charge in [-0.25, -0.2) is 13.4 Å². The number of rotatable bonds is 6. The molecule has 0 radical (unpaired) electrons. The van der Waals surface area contributed by atoms with Crippen LogP contribution in [0.15, 0.2) is 65.7 Å². The molecule has 1 aromatic heterocycles. The van der Waals surface area contributed by atoms with Crippen LogP contribution >= 0.6 is 0 Å². The van der Waals surface area contributed by atoms with E-state index in [2.05, 4.69) is 10.3 Å². The molecule has 4 rings (SSSR count). The van der Waals surface area contributed by atoms with Gasteiger partial charge in [0, 0.05) is 31.1 Å². The van der Waals surface area contributed by atoms with Gasteiger partial charge in [-0.3, -0.25) is 4.79 Å². The zero-order valence-electron chi connectivity index (χ0n) is 17.5.